The molecule has 0 spiro atoms. The Morgan fingerprint density at radius 3 is 2.48 bits per heavy atom. The minimum Gasteiger partial charge on any atom is -0.486 e. The van der Waals surface area contributed by atoms with Gasteiger partial charge in [0, 0.05) is 17.6 Å². The van der Waals surface area contributed by atoms with Crippen molar-refractivity contribution < 1.29 is 18.7 Å². The molecule has 0 bridgehead atoms. The van der Waals surface area contributed by atoms with Crippen LogP contribution in [-0.2, 0) is 6.61 Å². The molecule has 2 aromatic carbocycles. The Balaban J connectivity index is 1.41. The number of amides is 2. The van der Waals surface area contributed by atoms with Crippen LogP contribution >= 0.6 is 15.9 Å². The number of furan rings is 1. The lowest BCUT2D eigenvalue weighted by atomic mass is 10.1. The van der Waals surface area contributed by atoms with Crippen molar-refractivity contribution in [3.8, 4) is 5.75 Å². The molecule has 2 amide bonds. The zero-order valence-electron chi connectivity index (χ0n) is 17.0. The first-order valence-corrected chi connectivity index (χ1v) is 11.1. The molecule has 0 radical (unpaired) electrons. The van der Waals surface area contributed by atoms with Gasteiger partial charge in [-0.05, 0) is 67.8 Å². The molecule has 160 valence electrons. The van der Waals surface area contributed by atoms with E-state index in [0.29, 0.717) is 22.8 Å². The molecule has 31 heavy (non-hydrogen) atoms. The molecule has 2 heterocycles. The Hall–Kier alpha value is -3.06. The highest BCUT2D eigenvalue weighted by molar-refractivity contribution is 9.10. The highest BCUT2D eigenvalue weighted by Crippen LogP contribution is 2.22. The fourth-order valence-corrected chi connectivity index (χ4v) is 3.76. The van der Waals surface area contributed by atoms with E-state index in [1.807, 2.05) is 29.2 Å². The Labute approximate surface area is 189 Å². The van der Waals surface area contributed by atoms with Crippen LogP contribution < -0.4 is 10.1 Å². The van der Waals surface area contributed by atoms with E-state index in [0.717, 1.165) is 36.8 Å². The summed E-state index contributed by atoms with van der Waals surface area (Å²) in [6.45, 7) is 1.71. The van der Waals surface area contributed by atoms with Gasteiger partial charge >= 0.3 is 0 Å². The maximum absolute atomic E-state index is 12.9. The summed E-state index contributed by atoms with van der Waals surface area (Å²) < 4.78 is 12.3. The van der Waals surface area contributed by atoms with Crippen LogP contribution in [0.5, 0.6) is 5.75 Å². The monoisotopic (exact) mass is 482 g/mol. The lowest BCUT2D eigenvalue weighted by Crippen LogP contribution is -2.36. The number of likely N-dealkylation sites (tertiary alicyclic amines) is 1. The molecular weight excluding hydrogens is 460 g/mol. The van der Waals surface area contributed by atoms with E-state index >= 15 is 0 Å². The first kappa shape index (κ1) is 21.2. The van der Waals surface area contributed by atoms with Crippen molar-refractivity contribution in [1.29, 1.82) is 0 Å². The van der Waals surface area contributed by atoms with E-state index < -0.39 is 5.91 Å². The van der Waals surface area contributed by atoms with Gasteiger partial charge in [-0.1, -0.05) is 28.1 Å². The quantitative estimate of drug-likeness (QED) is 0.503. The predicted molar refractivity (Wildman–Crippen MR) is 121 cm³/mol. The molecule has 1 aromatic heterocycles. The van der Waals surface area contributed by atoms with Crippen molar-refractivity contribution in [2.75, 3.05) is 18.4 Å². The van der Waals surface area contributed by atoms with Crippen LogP contribution in [0.15, 0.2) is 69.6 Å². The number of anilines is 1. The van der Waals surface area contributed by atoms with Crippen LogP contribution in [0.2, 0.25) is 0 Å². The normalized spacial score (nSPS) is 13.6. The number of para-hydroxylation sites is 1. The van der Waals surface area contributed by atoms with Crippen LogP contribution in [-0.4, -0.2) is 29.8 Å². The summed E-state index contributed by atoms with van der Waals surface area (Å²) in [5, 5.41) is 2.81. The van der Waals surface area contributed by atoms with Crippen LogP contribution in [0.1, 0.15) is 45.9 Å². The molecule has 0 aliphatic carbocycles. The summed E-state index contributed by atoms with van der Waals surface area (Å²) in [4.78, 5) is 27.5. The van der Waals surface area contributed by atoms with E-state index in [2.05, 4.69) is 21.2 Å². The van der Waals surface area contributed by atoms with E-state index in [4.69, 9.17) is 9.15 Å². The summed E-state index contributed by atoms with van der Waals surface area (Å²) in [7, 11) is 0. The van der Waals surface area contributed by atoms with E-state index in [9.17, 15) is 9.59 Å². The maximum Gasteiger partial charge on any atom is 0.291 e. The SMILES string of the molecule is O=C(Nc1ccccc1C(=O)N1CCCCC1)c1ccc(COc2ccc(Br)cc2)o1. The van der Waals surface area contributed by atoms with Crippen molar-refractivity contribution in [3.63, 3.8) is 0 Å². The number of carbonyl (C=O) groups excluding carboxylic acids is 2. The number of carbonyl (C=O) groups is 2. The number of nitrogens with one attached hydrogen (secondary N) is 1. The van der Waals surface area contributed by atoms with Crippen LogP contribution in [0.25, 0.3) is 0 Å². The van der Waals surface area contributed by atoms with Gasteiger partial charge in [0.05, 0.1) is 11.3 Å². The van der Waals surface area contributed by atoms with Gasteiger partial charge in [0.25, 0.3) is 11.8 Å². The summed E-state index contributed by atoms with van der Waals surface area (Å²) in [5.41, 5.74) is 0.968. The minimum absolute atomic E-state index is 0.0568. The molecule has 1 fully saturated rings. The number of rotatable bonds is 6. The predicted octanol–water partition coefficient (Wildman–Crippen LogP) is 5.50. The molecule has 3 aromatic rings. The topological polar surface area (TPSA) is 71.8 Å². The largest absolute Gasteiger partial charge is 0.486 e. The number of halogens is 1. The number of nitrogens with zero attached hydrogens (tertiary/aromatic N) is 1. The molecule has 7 heteroatoms. The number of benzene rings is 2. The van der Waals surface area contributed by atoms with E-state index in [1.54, 1.807) is 36.4 Å². The molecule has 1 aliphatic rings. The Bertz CT molecular complexity index is 1060. The molecule has 1 aliphatic heterocycles. The number of hydrogen-bond donors (Lipinski definition) is 1. The zero-order chi connectivity index (χ0) is 21.6. The Morgan fingerprint density at radius 1 is 0.968 bits per heavy atom. The molecule has 4 rings (SSSR count). The summed E-state index contributed by atoms with van der Waals surface area (Å²) in [5.74, 6) is 0.934. The van der Waals surface area contributed by atoms with Gasteiger partial charge in [0.1, 0.15) is 18.1 Å². The third-order valence-corrected chi connectivity index (χ3v) is 5.66. The second kappa shape index (κ2) is 9.83. The lowest BCUT2D eigenvalue weighted by molar-refractivity contribution is 0.0725. The van der Waals surface area contributed by atoms with Crippen molar-refractivity contribution in [2.24, 2.45) is 0 Å². The van der Waals surface area contributed by atoms with Gasteiger partial charge in [-0.25, -0.2) is 0 Å². The van der Waals surface area contributed by atoms with E-state index in [1.165, 1.54) is 0 Å². The molecule has 6 nitrogen and oxygen atoms in total. The van der Waals surface area contributed by atoms with Crippen LogP contribution in [0.3, 0.4) is 0 Å². The standard InChI is InChI=1S/C24H23BrN2O4/c25-17-8-10-18(11-9-17)30-16-19-12-13-22(31-19)23(28)26-21-7-3-2-6-20(21)24(29)27-14-4-1-5-15-27/h2-3,6-13H,1,4-5,14-16H2,(H,26,28). The zero-order valence-corrected chi connectivity index (χ0v) is 18.6. The summed E-state index contributed by atoms with van der Waals surface area (Å²) in [6, 6.07) is 17.8. The van der Waals surface area contributed by atoms with Gasteiger partial charge in [0.2, 0.25) is 0 Å². The number of piperidine rings is 1. The van der Waals surface area contributed by atoms with Gasteiger partial charge in [-0.15, -0.1) is 0 Å². The van der Waals surface area contributed by atoms with Crippen molar-refractivity contribution in [2.45, 2.75) is 25.9 Å². The van der Waals surface area contributed by atoms with E-state index in [-0.39, 0.29) is 18.3 Å². The molecule has 0 atom stereocenters. The second-order valence-electron chi connectivity index (χ2n) is 7.36. The average Bonchev–Trinajstić information content (AvgIpc) is 3.28. The van der Waals surface area contributed by atoms with Crippen molar-refractivity contribution in [1.82, 2.24) is 4.90 Å². The van der Waals surface area contributed by atoms with Crippen LogP contribution in [0.4, 0.5) is 5.69 Å². The second-order valence-corrected chi connectivity index (χ2v) is 8.28. The molecule has 1 saturated heterocycles. The first-order valence-electron chi connectivity index (χ1n) is 10.3. The molecule has 1 N–H and O–H groups in total. The molecular formula is C24H23BrN2O4. The van der Waals surface area contributed by atoms with Gasteiger partial charge in [-0.2, -0.15) is 0 Å². The smallest absolute Gasteiger partial charge is 0.291 e. The number of ether oxygens (including phenoxy) is 1. The highest BCUT2D eigenvalue weighted by atomic mass is 79.9. The third kappa shape index (κ3) is 5.35. The molecule has 0 unspecified atom stereocenters. The summed E-state index contributed by atoms with van der Waals surface area (Å²) >= 11 is 3.38. The van der Waals surface area contributed by atoms with Gasteiger partial charge < -0.3 is 19.4 Å². The first-order chi connectivity index (χ1) is 15.1. The van der Waals surface area contributed by atoms with Crippen molar-refractivity contribution in [3.05, 3.63) is 82.2 Å². The van der Waals surface area contributed by atoms with Crippen molar-refractivity contribution >= 4 is 33.4 Å². The van der Waals surface area contributed by atoms with Crippen LogP contribution in [0, 0.1) is 0 Å². The Morgan fingerprint density at radius 2 is 1.71 bits per heavy atom. The third-order valence-electron chi connectivity index (χ3n) is 5.13. The minimum atomic E-state index is -0.409. The maximum atomic E-state index is 12.9. The van der Waals surface area contributed by atoms with Gasteiger partial charge in [-0.3, -0.25) is 9.59 Å². The fourth-order valence-electron chi connectivity index (χ4n) is 3.49. The summed E-state index contributed by atoms with van der Waals surface area (Å²) in [6.07, 6.45) is 3.17. The molecule has 0 saturated carbocycles. The lowest BCUT2D eigenvalue weighted by Gasteiger charge is -2.27. The number of hydrogen-bond acceptors (Lipinski definition) is 4. The Kier molecular flexibility index (Phi) is 6.72. The van der Waals surface area contributed by atoms with Gasteiger partial charge in [0.15, 0.2) is 5.76 Å². The average molecular weight is 483 g/mol. The highest BCUT2D eigenvalue weighted by Gasteiger charge is 2.22. The fraction of sp³-hybridized carbons (Fsp3) is 0.250.